The second-order valence-electron chi connectivity index (χ2n) is 7.90. The molecule has 33 heavy (non-hydrogen) atoms. The van der Waals surface area contributed by atoms with Gasteiger partial charge in [-0.1, -0.05) is 54.1 Å². The quantitative estimate of drug-likeness (QED) is 0.548. The molecule has 3 aromatic rings. The van der Waals surface area contributed by atoms with Gasteiger partial charge in [0.25, 0.3) is 0 Å². The molecule has 0 aliphatic carbocycles. The van der Waals surface area contributed by atoms with E-state index in [1.807, 2.05) is 19.1 Å². The zero-order valence-electron chi connectivity index (χ0n) is 17.7. The van der Waals surface area contributed by atoms with Gasteiger partial charge in [-0.2, -0.15) is 17.5 Å². The number of fused-ring (bicyclic) bond motifs is 1. The lowest BCUT2D eigenvalue weighted by Gasteiger charge is -2.22. The summed E-state index contributed by atoms with van der Waals surface area (Å²) in [6, 6.07) is 18.0. The number of halogens is 3. The number of hydrogen-bond donors (Lipinski definition) is 0. The van der Waals surface area contributed by atoms with Gasteiger partial charge in [0.05, 0.1) is 24.3 Å². The monoisotopic (exact) mass is 474 g/mol. The van der Waals surface area contributed by atoms with E-state index in [9.17, 15) is 26.4 Å². The van der Waals surface area contributed by atoms with E-state index in [4.69, 9.17) is 0 Å². The zero-order chi connectivity index (χ0) is 23.8. The first-order valence-electron chi connectivity index (χ1n) is 10.2. The van der Waals surface area contributed by atoms with Crippen LogP contribution in [0.3, 0.4) is 0 Å². The van der Waals surface area contributed by atoms with Crippen molar-refractivity contribution in [3.05, 3.63) is 95.1 Å². The Morgan fingerprint density at radius 3 is 2.27 bits per heavy atom. The molecule has 0 saturated heterocycles. The van der Waals surface area contributed by atoms with Crippen LogP contribution in [-0.4, -0.2) is 25.2 Å². The molecule has 0 N–H and O–H groups in total. The van der Waals surface area contributed by atoms with Crippen LogP contribution in [0.1, 0.15) is 22.3 Å². The van der Waals surface area contributed by atoms with Gasteiger partial charge < -0.3 is 4.90 Å². The van der Waals surface area contributed by atoms with Crippen LogP contribution in [0, 0.1) is 6.92 Å². The minimum absolute atomic E-state index is 0.0000858. The Morgan fingerprint density at radius 2 is 1.58 bits per heavy atom. The number of para-hydroxylation sites is 1. The van der Waals surface area contributed by atoms with Gasteiger partial charge in [-0.05, 0) is 42.3 Å². The highest BCUT2D eigenvalue weighted by molar-refractivity contribution is 7.89. The van der Waals surface area contributed by atoms with Gasteiger partial charge in [-0.25, -0.2) is 8.42 Å². The second kappa shape index (κ2) is 8.64. The van der Waals surface area contributed by atoms with E-state index >= 15 is 0 Å². The summed E-state index contributed by atoms with van der Waals surface area (Å²) in [4.78, 5) is 14.4. The van der Waals surface area contributed by atoms with Crippen molar-refractivity contribution in [2.75, 3.05) is 11.4 Å². The van der Waals surface area contributed by atoms with E-state index in [1.54, 1.807) is 24.3 Å². The van der Waals surface area contributed by atoms with E-state index < -0.39 is 34.2 Å². The number of amides is 1. The van der Waals surface area contributed by atoms with Crippen molar-refractivity contribution in [2.24, 2.45) is 0 Å². The van der Waals surface area contributed by atoms with Crippen molar-refractivity contribution in [2.45, 2.75) is 31.1 Å². The molecular formula is C24H21F3N2O3S. The van der Waals surface area contributed by atoms with Crippen LogP contribution in [0.15, 0.2) is 77.7 Å². The Morgan fingerprint density at radius 1 is 0.879 bits per heavy atom. The molecule has 0 saturated carbocycles. The minimum Gasteiger partial charge on any atom is -0.305 e. The topological polar surface area (TPSA) is 57.7 Å². The van der Waals surface area contributed by atoms with Crippen molar-refractivity contribution < 1.29 is 26.4 Å². The molecule has 0 bridgehead atoms. The molecule has 0 fully saturated rings. The van der Waals surface area contributed by atoms with Gasteiger partial charge in [0.1, 0.15) is 4.90 Å². The molecule has 1 aliphatic rings. The first-order chi connectivity index (χ1) is 15.6. The van der Waals surface area contributed by atoms with Gasteiger partial charge in [0, 0.05) is 6.54 Å². The van der Waals surface area contributed by atoms with Crippen molar-refractivity contribution in [1.82, 2.24) is 4.31 Å². The lowest BCUT2D eigenvalue weighted by molar-refractivity contribution is -0.137. The molecule has 1 amide bonds. The number of carbonyl (C=O) groups excluding carboxylic acids is 1. The van der Waals surface area contributed by atoms with Crippen LogP contribution < -0.4 is 4.90 Å². The third-order valence-corrected chi connectivity index (χ3v) is 7.30. The van der Waals surface area contributed by atoms with Crippen LogP contribution in [0.2, 0.25) is 0 Å². The van der Waals surface area contributed by atoms with Crippen LogP contribution in [-0.2, 0) is 34.1 Å². The molecule has 1 heterocycles. The molecule has 0 atom stereocenters. The summed E-state index contributed by atoms with van der Waals surface area (Å²) < 4.78 is 67.4. The number of nitrogens with zero attached hydrogens (tertiary/aromatic N) is 2. The second-order valence-corrected chi connectivity index (χ2v) is 9.81. The van der Waals surface area contributed by atoms with E-state index in [2.05, 4.69) is 0 Å². The summed E-state index contributed by atoms with van der Waals surface area (Å²) in [6.07, 6.45) is -4.52. The van der Waals surface area contributed by atoms with E-state index in [0.717, 1.165) is 27.6 Å². The first-order valence-corrected chi connectivity index (χ1v) is 11.6. The molecule has 3 aromatic carbocycles. The third-order valence-electron chi connectivity index (χ3n) is 5.46. The fourth-order valence-electron chi connectivity index (χ4n) is 3.73. The first kappa shape index (κ1) is 23.0. The molecule has 4 rings (SSSR count). The number of aryl methyl sites for hydroxylation is 1. The third kappa shape index (κ3) is 4.79. The molecule has 0 unspecified atom stereocenters. The Hall–Kier alpha value is -3.17. The Labute approximate surface area is 190 Å². The number of rotatable bonds is 4. The average Bonchev–Trinajstić information content (AvgIpc) is 2.84. The summed E-state index contributed by atoms with van der Waals surface area (Å²) in [5.74, 6) is -0.520. The normalized spacial score (nSPS) is 16.4. The van der Waals surface area contributed by atoms with Gasteiger partial charge in [0.2, 0.25) is 15.9 Å². The lowest BCUT2D eigenvalue weighted by Crippen LogP contribution is -2.38. The van der Waals surface area contributed by atoms with E-state index in [0.29, 0.717) is 0 Å². The number of carbonyl (C=O) groups is 1. The minimum atomic E-state index is -4.52. The standard InChI is InChI=1S/C24H21F3N2O3S/c1-17-9-11-18(12-10-17)14-28-16-23(30)29(21-7-2-3-8-22(21)33(28,31)32)15-19-5-4-6-20(13-19)24(25,26)27/h2-13H,14-16H2,1H3. The average molecular weight is 475 g/mol. The van der Waals surface area contributed by atoms with Crippen molar-refractivity contribution >= 4 is 21.6 Å². The lowest BCUT2D eigenvalue weighted by atomic mass is 10.1. The molecule has 172 valence electrons. The van der Waals surface area contributed by atoms with Crippen molar-refractivity contribution in [1.29, 1.82) is 0 Å². The fraction of sp³-hybridized carbons (Fsp3) is 0.208. The molecule has 0 aromatic heterocycles. The number of hydrogen-bond acceptors (Lipinski definition) is 3. The van der Waals surface area contributed by atoms with Gasteiger partial charge in [-0.3, -0.25) is 4.79 Å². The largest absolute Gasteiger partial charge is 0.416 e. The van der Waals surface area contributed by atoms with Crippen LogP contribution in [0.4, 0.5) is 18.9 Å². The summed E-state index contributed by atoms with van der Waals surface area (Å²) in [7, 11) is -4.03. The Bertz CT molecular complexity index is 1290. The summed E-state index contributed by atoms with van der Waals surface area (Å²) >= 11 is 0. The number of anilines is 1. The smallest absolute Gasteiger partial charge is 0.305 e. The van der Waals surface area contributed by atoms with Crippen LogP contribution in [0.5, 0.6) is 0 Å². The number of benzene rings is 3. The highest BCUT2D eigenvalue weighted by atomic mass is 32.2. The van der Waals surface area contributed by atoms with Crippen molar-refractivity contribution in [3.8, 4) is 0 Å². The SMILES string of the molecule is Cc1ccc(CN2CC(=O)N(Cc3cccc(C(F)(F)F)c3)c3ccccc3S2(=O)=O)cc1. The zero-order valence-corrected chi connectivity index (χ0v) is 18.5. The van der Waals surface area contributed by atoms with E-state index in [-0.39, 0.29) is 29.2 Å². The number of sulfonamides is 1. The van der Waals surface area contributed by atoms with Gasteiger partial charge >= 0.3 is 6.18 Å². The highest BCUT2D eigenvalue weighted by Gasteiger charge is 2.37. The molecule has 5 nitrogen and oxygen atoms in total. The van der Waals surface area contributed by atoms with Crippen molar-refractivity contribution in [3.63, 3.8) is 0 Å². The van der Waals surface area contributed by atoms with Crippen LogP contribution in [0.25, 0.3) is 0 Å². The molecule has 0 radical (unpaired) electrons. The Kier molecular flexibility index (Phi) is 6.02. The maximum absolute atomic E-state index is 13.4. The van der Waals surface area contributed by atoms with Gasteiger partial charge in [0.15, 0.2) is 0 Å². The molecule has 0 spiro atoms. The predicted octanol–water partition coefficient (Wildman–Crippen LogP) is 4.75. The molecule has 9 heteroatoms. The molecular weight excluding hydrogens is 453 g/mol. The van der Waals surface area contributed by atoms with E-state index in [1.165, 1.54) is 29.2 Å². The van der Waals surface area contributed by atoms with Crippen LogP contribution >= 0.6 is 0 Å². The maximum atomic E-state index is 13.4. The molecule has 1 aliphatic heterocycles. The van der Waals surface area contributed by atoms with Gasteiger partial charge in [-0.15, -0.1) is 0 Å². The fourth-order valence-corrected chi connectivity index (χ4v) is 5.30. The maximum Gasteiger partial charge on any atom is 0.416 e. The summed E-state index contributed by atoms with van der Waals surface area (Å²) in [5.41, 5.74) is 1.31. The Balaban J connectivity index is 1.72. The predicted molar refractivity (Wildman–Crippen MR) is 118 cm³/mol. The highest BCUT2D eigenvalue weighted by Crippen LogP contribution is 2.34. The summed E-state index contributed by atoms with van der Waals surface area (Å²) in [5, 5.41) is 0. The summed E-state index contributed by atoms with van der Waals surface area (Å²) in [6.45, 7) is 1.30. The number of alkyl halides is 3.